The van der Waals surface area contributed by atoms with Crippen LogP contribution in [0.4, 0.5) is 0 Å². The average Bonchev–Trinajstić information content (AvgIpc) is 2.71. The number of aryl methyl sites for hydroxylation is 1. The molecule has 0 radical (unpaired) electrons. The minimum absolute atomic E-state index is 0.439. The summed E-state index contributed by atoms with van der Waals surface area (Å²) in [6, 6.07) is 10.2. The molecule has 2 aromatic rings. The second kappa shape index (κ2) is 4.26. The van der Waals surface area contributed by atoms with Crippen LogP contribution in [0.15, 0.2) is 24.3 Å². The predicted molar refractivity (Wildman–Crippen MR) is 67.4 cm³/mol. The molecule has 0 saturated heterocycles. The molecule has 4 heteroatoms. The molecule has 18 heavy (non-hydrogen) atoms. The van der Waals surface area contributed by atoms with Crippen LogP contribution in [-0.2, 0) is 0 Å². The van der Waals surface area contributed by atoms with Crippen LogP contribution in [0.5, 0.6) is 0 Å². The van der Waals surface area contributed by atoms with Crippen molar-refractivity contribution >= 4 is 0 Å². The monoisotopic (exact) mass is 238 g/mol. The van der Waals surface area contributed by atoms with Crippen LogP contribution in [0.25, 0.3) is 5.69 Å². The van der Waals surface area contributed by atoms with E-state index in [1.54, 1.807) is 0 Å². The number of hydrogen-bond acceptors (Lipinski definition) is 3. The minimum atomic E-state index is 0.439. The Morgan fingerprint density at radius 2 is 2.11 bits per heavy atom. The summed E-state index contributed by atoms with van der Waals surface area (Å²) in [5.41, 5.74) is 3.63. The molecule has 0 amide bonds. The maximum atomic E-state index is 9.15. The second-order valence-corrected chi connectivity index (χ2v) is 4.76. The number of nitriles is 1. The van der Waals surface area contributed by atoms with Gasteiger partial charge in [0.15, 0.2) is 5.69 Å². The predicted octanol–water partition coefficient (Wildman–Crippen LogP) is 2.71. The highest BCUT2D eigenvalue weighted by Gasteiger charge is 2.28. The molecule has 1 aliphatic rings. The Labute approximate surface area is 106 Å². The lowest BCUT2D eigenvalue weighted by Gasteiger charge is -2.26. The summed E-state index contributed by atoms with van der Waals surface area (Å²) < 4.78 is 1.84. The highest BCUT2D eigenvalue weighted by atomic mass is 15.4. The van der Waals surface area contributed by atoms with E-state index in [0.29, 0.717) is 11.6 Å². The zero-order valence-electron chi connectivity index (χ0n) is 10.3. The van der Waals surface area contributed by atoms with Gasteiger partial charge in [0.25, 0.3) is 0 Å². The Morgan fingerprint density at radius 1 is 1.33 bits per heavy atom. The van der Waals surface area contributed by atoms with Crippen LogP contribution < -0.4 is 0 Å². The fraction of sp³-hybridized carbons (Fsp3) is 0.357. The molecule has 0 atom stereocenters. The van der Waals surface area contributed by atoms with Crippen molar-refractivity contribution < 1.29 is 0 Å². The highest BCUT2D eigenvalue weighted by molar-refractivity contribution is 5.43. The van der Waals surface area contributed by atoms with Crippen LogP contribution in [0.2, 0.25) is 0 Å². The number of benzene rings is 1. The molecule has 0 bridgehead atoms. The molecule has 0 aliphatic heterocycles. The summed E-state index contributed by atoms with van der Waals surface area (Å²) in [7, 11) is 0. The SMILES string of the molecule is Cc1ccccc1-n1nnc(C#N)c1C1CCC1. The lowest BCUT2D eigenvalue weighted by Crippen LogP contribution is -2.15. The Balaban J connectivity index is 2.15. The molecular weight excluding hydrogens is 224 g/mol. The van der Waals surface area contributed by atoms with E-state index in [4.69, 9.17) is 5.26 Å². The molecule has 1 saturated carbocycles. The van der Waals surface area contributed by atoms with Gasteiger partial charge >= 0.3 is 0 Å². The van der Waals surface area contributed by atoms with E-state index in [1.165, 1.54) is 6.42 Å². The molecule has 0 spiro atoms. The summed E-state index contributed by atoms with van der Waals surface area (Å²) >= 11 is 0. The number of hydrogen-bond donors (Lipinski definition) is 0. The summed E-state index contributed by atoms with van der Waals surface area (Å²) in [6.45, 7) is 2.05. The van der Waals surface area contributed by atoms with Gasteiger partial charge in [-0.05, 0) is 31.4 Å². The molecule has 3 rings (SSSR count). The van der Waals surface area contributed by atoms with Gasteiger partial charge in [-0.1, -0.05) is 29.8 Å². The summed E-state index contributed by atoms with van der Waals surface area (Å²) in [5.74, 6) is 0.439. The van der Waals surface area contributed by atoms with Crippen molar-refractivity contribution in [2.45, 2.75) is 32.1 Å². The van der Waals surface area contributed by atoms with E-state index in [0.717, 1.165) is 29.8 Å². The molecule has 4 nitrogen and oxygen atoms in total. The van der Waals surface area contributed by atoms with Crippen molar-refractivity contribution in [1.82, 2.24) is 15.0 Å². The molecule has 1 aromatic heterocycles. The van der Waals surface area contributed by atoms with E-state index < -0.39 is 0 Å². The Kier molecular flexibility index (Phi) is 2.60. The summed E-state index contributed by atoms with van der Waals surface area (Å²) in [4.78, 5) is 0. The second-order valence-electron chi connectivity index (χ2n) is 4.76. The van der Waals surface area contributed by atoms with Gasteiger partial charge < -0.3 is 0 Å². The fourth-order valence-electron chi connectivity index (χ4n) is 2.40. The van der Waals surface area contributed by atoms with Crippen molar-refractivity contribution in [2.24, 2.45) is 0 Å². The highest BCUT2D eigenvalue weighted by Crippen LogP contribution is 2.38. The van der Waals surface area contributed by atoms with Gasteiger partial charge in [0.1, 0.15) is 6.07 Å². The molecular formula is C14H14N4. The van der Waals surface area contributed by atoms with Crippen molar-refractivity contribution in [1.29, 1.82) is 5.26 Å². The molecule has 1 aliphatic carbocycles. The molecule has 90 valence electrons. The lowest BCUT2D eigenvalue weighted by atomic mass is 9.82. The van der Waals surface area contributed by atoms with Crippen molar-refractivity contribution in [3.8, 4) is 11.8 Å². The van der Waals surface area contributed by atoms with Crippen molar-refractivity contribution in [3.05, 3.63) is 41.2 Å². The van der Waals surface area contributed by atoms with E-state index in [-0.39, 0.29) is 0 Å². The first-order valence-corrected chi connectivity index (χ1v) is 6.23. The van der Waals surface area contributed by atoms with E-state index in [1.807, 2.05) is 35.9 Å². The summed E-state index contributed by atoms with van der Waals surface area (Å²) in [5, 5.41) is 17.3. The van der Waals surface area contributed by atoms with Gasteiger partial charge in [0.05, 0.1) is 11.4 Å². The average molecular weight is 238 g/mol. The number of aromatic nitrogens is 3. The minimum Gasteiger partial charge on any atom is -0.216 e. The number of para-hydroxylation sites is 1. The standard InChI is InChI=1S/C14H14N4/c1-10-5-2-3-8-13(10)18-14(11-6-4-7-11)12(9-15)16-17-18/h2-3,5,8,11H,4,6-7H2,1H3. The Bertz CT molecular complexity index is 617. The number of rotatable bonds is 2. The van der Waals surface area contributed by atoms with Gasteiger partial charge in [-0.25, -0.2) is 4.68 Å². The first-order chi connectivity index (χ1) is 8.81. The third kappa shape index (κ3) is 1.60. The quantitative estimate of drug-likeness (QED) is 0.808. The van der Waals surface area contributed by atoms with Crippen LogP contribution in [-0.4, -0.2) is 15.0 Å². The largest absolute Gasteiger partial charge is 0.216 e. The lowest BCUT2D eigenvalue weighted by molar-refractivity contribution is 0.402. The maximum absolute atomic E-state index is 9.15. The van der Waals surface area contributed by atoms with Gasteiger partial charge in [0.2, 0.25) is 0 Å². The van der Waals surface area contributed by atoms with E-state index >= 15 is 0 Å². The maximum Gasteiger partial charge on any atom is 0.186 e. The smallest absolute Gasteiger partial charge is 0.186 e. The van der Waals surface area contributed by atoms with Crippen molar-refractivity contribution in [2.75, 3.05) is 0 Å². The number of nitrogens with zero attached hydrogens (tertiary/aromatic N) is 4. The zero-order valence-corrected chi connectivity index (χ0v) is 10.3. The molecule has 0 N–H and O–H groups in total. The zero-order chi connectivity index (χ0) is 12.5. The molecule has 1 heterocycles. The van der Waals surface area contributed by atoms with Crippen LogP contribution in [0.1, 0.15) is 42.1 Å². The van der Waals surface area contributed by atoms with Gasteiger partial charge in [0, 0.05) is 5.92 Å². The molecule has 1 aromatic carbocycles. The van der Waals surface area contributed by atoms with Gasteiger partial charge in [-0.15, -0.1) is 5.10 Å². The van der Waals surface area contributed by atoms with E-state index in [9.17, 15) is 0 Å². The molecule has 0 unspecified atom stereocenters. The molecule has 1 fully saturated rings. The van der Waals surface area contributed by atoms with Gasteiger partial charge in [-0.3, -0.25) is 0 Å². The first kappa shape index (κ1) is 11.0. The van der Waals surface area contributed by atoms with Gasteiger partial charge in [-0.2, -0.15) is 5.26 Å². The first-order valence-electron chi connectivity index (χ1n) is 6.23. The van der Waals surface area contributed by atoms with Crippen LogP contribution in [0.3, 0.4) is 0 Å². The normalized spacial score (nSPS) is 15.1. The van der Waals surface area contributed by atoms with Crippen LogP contribution in [0, 0.1) is 18.3 Å². The van der Waals surface area contributed by atoms with E-state index in [2.05, 4.69) is 16.4 Å². The van der Waals surface area contributed by atoms with Crippen molar-refractivity contribution in [3.63, 3.8) is 0 Å². The summed E-state index contributed by atoms with van der Waals surface area (Å²) in [6.07, 6.45) is 3.50. The Morgan fingerprint density at radius 3 is 2.72 bits per heavy atom. The third-order valence-electron chi connectivity index (χ3n) is 3.65. The third-order valence-corrected chi connectivity index (χ3v) is 3.65. The Hall–Kier alpha value is -2.15. The van der Waals surface area contributed by atoms with Crippen LogP contribution >= 0.6 is 0 Å². The fourth-order valence-corrected chi connectivity index (χ4v) is 2.40. The topological polar surface area (TPSA) is 54.5 Å².